The summed E-state index contributed by atoms with van der Waals surface area (Å²) < 4.78 is 8.88. The number of nitrogens with one attached hydrogen (secondary N) is 2. The molecule has 56 heavy (non-hydrogen) atoms. The van der Waals surface area contributed by atoms with Crippen molar-refractivity contribution in [3.8, 4) is 5.75 Å². The number of hydrogen-bond acceptors (Lipinski definition) is 8. The molecule has 2 heterocycles. The van der Waals surface area contributed by atoms with Crippen molar-refractivity contribution in [1.82, 2.24) is 10.6 Å². The highest BCUT2D eigenvalue weighted by Crippen LogP contribution is 2.18. The minimum Gasteiger partial charge on any atom is -0.537 e. The molecule has 0 aliphatic heterocycles. The summed E-state index contributed by atoms with van der Waals surface area (Å²) in [5.41, 5.74) is 4.69. The highest BCUT2D eigenvalue weighted by Gasteiger charge is 2.20. The van der Waals surface area contributed by atoms with E-state index in [2.05, 4.69) is 17.2 Å². The first kappa shape index (κ1) is 41.0. The Bertz CT molecular complexity index is 2190. The summed E-state index contributed by atoms with van der Waals surface area (Å²) >= 11 is 0. The van der Waals surface area contributed by atoms with E-state index in [4.69, 9.17) is 9.68 Å². The normalized spacial score (nSPS) is 10.6. The molecule has 0 aliphatic carbocycles. The minimum absolute atomic E-state index is 0.0163. The Hall–Kier alpha value is -6.21. The van der Waals surface area contributed by atoms with Gasteiger partial charge in [-0.05, 0) is 54.2 Å². The Kier molecular flexibility index (Phi) is 14.6. The molecule has 0 unspecified atom stereocenters. The smallest absolute Gasteiger partial charge is 0.537 e. The number of rotatable bonds is 19. The Morgan fingerprint density at radius 2 is 1.23 bits per heavy atom. The number of hydrogen-bond donors (Lipinski definition) is 5. The van der Waals surface area contributed by atoms with Crippen LogP contribution in [0.4, 0.5) is 0 Å². The molecule has 3 aromatic carbocycles. The first-order valence-corrected chi connectivity index (χ1v) is 18.0. The highest BCUT2D eigenvalue weighted by molar-refractivity contribution is 6.59. The van der Waals surface area contributed by atoms with Crippen LogP contribution in [-0.2, 0) is 30.7 Å². The predicted molar refractivity (Wildman–Crippen MR) is 210 cm³/mol. The Balaban J connectivity index is 1.30. The molecule has 0 aliphatic rings. The Morgan fingerprint density at radius 1 is 0.714 bits per heavy atom. The van der Waals surface area contributed by atoms with Crippen LogP contribution in [0.25, 0.3) is 0 Å². The molecular formula is C42H43B2N4O8+2. The molecule has 2 amide bonds. The van der Waals surface area contributed by atoms with Gasteiger partial charge in [-0.2, -0.15) is 0 Å². The lowest BCUT2D eigenvalue weighted by Gasteiger charge is -2.11. The van der Waals surface area contributed by atoms with Gasteiger partial charge in [0.1, 0.15) is 5.75 Å². The third kappa shape index (κ3) is 11.6. The quantitative estimate of drug-likeness (QED) is 0.0279. The highest BCUT2D eigenvalue weighted by atomic mass is 16.5. The molecule has 14 heteroatoms. The third-order valence-corrected chi connectivity index (χ3v) is 8.97. The first-order chi connectivity index (χ1) is 27.0. The van der Waals surface area contributed by atoms with Gasteiger partial charge >= 0.3 is 14.8 Å². The SMILES string of the molecule is C=C(C)C(=O)NCCCNC(=O)c1cc(CC(=O)c2cc[n+](Cc3ccccc3O[B]O)cc2)cc(CC(=O)c2cc[n+](Cc3ccccc3B(O)O)cc2)c1. The molecule has 5 N–H and O–H groups in total. The van der Waals surface area contributed by atoms with Crippen LogP contribution in [0.5, 0.6) is 5.75 Å². The van der Waals surface area contributed by atoms with Crippen LogP contribution in [0.2, 0.25) is 0 Å². The molecule has 5 aromatic rings. The molecule has 0 saturated carbocycles. The van der Waals surface area contributed by atoms with Crippen LogP contribution in [0.1, 0.15) is 66.7 Å². The fourth-order valence-electron chi connectivity index (χ4n) is 6.04. The van der Waals surface area contributed by atoms with E-state index in [1.807, 2.05) is 27.3 Å². The maximum absolute atomic E-state index is 13.5. The van der Waals surface area contributed by atoms with Crippen LogP contribution in [-0.4, -0.2) is 66.3 Å². The van der Waals surface area contributed by atoms with E-state index in [1.165, 1.54) is 0 Å². The van der Waals surface area contributed by atoms with Crippen molar-refractivity contribution in [1.29, 1.82) is 0 Å². The molecule has 0 spiro atoms. The lowest BCUT2D eigenvalue weighted by Crippen LogP contribution is -2.40. The van der Waals surface area contributed by atoms with Crippen molar-refractivity contribution < 1.29 is 48.0 Å². The molecule has 2 aromatic heterocycles. The molecule has 0 bridgehead atoms. The van der Waals surface area contributed by atoms with Crippen LogP contribution >= 0.6 is 0 Å². The summed E-state index contributed by atoms with van der Waals surface area (Å²) in [5, 5.41) is 34.1. The average Bonchev–Trinajstić information content (AvgIpc) is 3.19. The number of carbonyl (C=O) groups is 4. The van der Waals surface area contributed by atoms with Crippen molar-refractivity contribution in [2.75, 3.05) is 13.1 Å². The first-order valence-electron chi connectivity index (χ1n) is 18.0. The summed E-state index contributed by atoms with van der Waals surface area (Å²) in [6.07, 6.45) is 7.48. The van der Waals surface area contributed by atoms with E-state index in [0.717, 1.165) is 11.1 Å². The standard InChI is InChI=1S/C42H41B2N4O8/c1-29(2)41(51)45-16-7-17-46-42(52)36-23-30(25-38(49)32-12-18-47(19-13-32)27-34-8-3-5-10-37(34)44(54)55)22-31(24-36)26-39(50)33-14-20-48(21-15-33)28-35-9-4-6-11-40(35)56-43-53/h3-6,8-15,18-24,53-55H,1,7,16-17,25-28H2,2H3/p+2. The van der Waals surface area contributed by atoms with Crippen molar-refractivity contribution in [3.63, 3.8) is 0 Å². The van der Waals surface area contributed by atoms with Gasteiger partial charge < -0.3 is 30.4 Å². The van der Waals surface area contributed by atoms with Gasteiger partial charge in [0.05, 0.1) is 5.56 Å². The van der Waals surface area contributed by atoms with Gasteiger partial charge in [-0.3, -0.25) is 19.2 Å². The summed E-state index contributed by atoms with van der Waals surface area (Å²) in [4.78, 5) is 52.2. The van der Waals surface area contributed by atoms with Gasteiger partial charge in [0.15, 0.2) is 49.4 Å². The van der Waals surface area contributed by atoms with Gasteiger partial charge in [0, 0.05) is 78.0 Å². The monoisotopic (exact) mass is 753 g/mol. The Morgan fingerprint density at radius 3 is 1.79 bits per heavy atom. The topological polar surface area (TPSA) is 170 Å². The summed E-state index contributed by atoms with van der Waals surface area (Å²) in [6.45, 7) is 6.68. The van der Waals surface area contributed by atoms with Crippen molar-refractivity contribution >= 4 is 43.6 Å². The molecule has 1 radical (unpaired) electrons. The maximum atomic E-state index is 13.5. The zero-order valence-corrected chi connectivity index (χ0v) is 31.1. The third-order valence-electron chi connectivity index (χ3n) is 8.97. The zero-order valence-electron chi connectivity index (χ0n) is 31.1. The zero-order chi connectivity index (χ0) is 40.0. The van der Waals surface area contributed by atoms with E-state index >= 15 is 0 Å². The Labute approximate surface area is 326 Å². The molecule has 283 valence electrons. The molecule has 0 fully saturated rings. The second-order valence-corrected chi connectivity index (χ2v) is 13.3. The van der Waals surface area contributed by atoms with E-state index < -0.39 is 7.12 Å². The number of ketones is 2. The summed E-state index contributed by atoms with van der Waals surface area (Å²) in [6, 6.07) is 26.1. The predicted octanol–water partition coefficient (Wildman–Crippen LogP) is 1.61. The number of amides is 2. The van der Waals surface area contributed by atoms with Crippen LogP contribution < -0.4 is 29.9 Å². The number of para-hydroxylation sites is 1. The lowest BCUT2D eigenvalue weighted by atomic mass is 9.77. The fourth-order valence-corrected chi connectivity index (χ4v) is 6.04. The molecule has 0 saturated heterocycles. The largest absolute Gasteiger partial charge is 0.569 e. The molecule has 0 atom stereocenters. The van der Waals surface area contributed by atoms with Crippen LogP contribution in [0.15, 0.2) is 128 Å². The van der Waals surface area contributed by atoms with Gasteiger partial charge in [-0.25, -0.2) is 9.13 Å². The lowest BCUT2D eigenvalue weighted by molar-refractivity contribution is -0.688. The van der Waals surface area contributed by atoms with Gasteiger partial charge in [-0.15, -0.1) is 0 Å². The number of aromatic nitrogens is 2. The van der Waals surface area contributed by atoms with Gasteiger partial charge in [0.25, 0.3) is 5.91 Å². The number of benzene rings is 3. The van der Waals surface area contributed by atoms with Crippen molar-refractivity contribution in [2.24, 2.45) is 0 Å². The molecular weight excluding hydrogens is 710 g/mol. The van der Waals surface area contributed by atoms with E-state index in [1.54, 1.807) is 105 Å². The fraction of sp³-hybridized carbons (Fsp3) is 0.190. The minimum atomic E-state index is -1.61. The van der Waals surface area contributed by atoms with E-state index in [9.17, 15) is 29.2 Å². The average molecular weight is 753 g/mol. The number of pyridine rings is 2. The van der Waals surface area contributed by atoms with E-state index in [-0.39, 0.29) is 42.8 Å². The second-order valence-electron chi connectivity index (χ2n) is 13.3. The van der Waals surface area contributed by atoms with Crippen molar-refractivity contribution in [3.05, 3.63) is 167 Å². The van der Waals surface area contributed by atoms with Crippen LogP contribution in [0.3, 0.4) is 0 Å². The maximum Gasteiger partial charge on any atom is 0.569 e. The number of nitrogens with zero attached hydrogens (tertiary/aromatic N) is 2. The van der Waals surface area contributed by atoms with Crippen molar-refractivity contribution in [2.45, 2.75) is 39.3 Å². The molecule has 5 rings (SSSR count). The van der Waals surface area contributed by atoms with Gasteiger partial charge in [0.2, 0.25) is 5.91 Å². The van der Waals surface area contributed by atoms with E-state index in [0.29, 0.717) is 78.3 Å². The molecule has 12 nitrogen and oxygen atoms in total. The van der Waals surface area contributed by atoms with Crippen LogP contribution in [0, 0.1) is 0 Å². The summed E-state index contributed by atoms with van der Waals surface area (Å²) in [5.74, 6) is -0.497. The van der Waals surface area contributed by atoms with Gasteiger partial charge in [-0.1, -0.05) is 49.0 Å². The number of Topliss-reactive ketones (excluding diaryl/α,β-unsaturated/α-hetero) is 2. The second kappa shape index (κ2) is 19.9. The number of carbonyl (C=O) groups excluding carboxylic acids is 4. The summed E-state index contributed by atoms with van der Waals surface area (Å²) in [7, 11) is -0.975.